The van der Waals surface area contributed by atoms with Gasteiger partial charge in [0.1, 0.15) is 0 Å². The molecular formula is C14H19BrN2OS. The predicted octanol–water partition coefficient (Wildman–Crippen LogP) is 2.98. The van der Waals surface area contributed by atoms with Crippen LogP contribution in [-0.2, 0) is 4.79 Å². The molecule has 1 atom stereocenters. The van der Waals surface area contributed by atoms with Crippen molar-refractivity contribution in [1.82, 2.24) is 10.2 Å². The van der Waals surface area contributed by atoms with E-state index in [1.54, 1.807) is 17.4 Å². The van der Waals surface area contributed by atoms with E-state index < -0.39 is 0 Å². The third-order valence-electron chi connectivity index (χ3n) is 3.30. The molecule has 0 bridgehead atoms. The van der Waals surface area contributed by atoms with Crippen LogP contribution in [0.25, 0.3) is 6.08 Å². The van der Waals surface area contributed by atoms with E-state index >= 15 is 0 Å². The molecule has 1 aliphatic rings. The van der Waals surface area contributed by atoms with E-state index in [9.17, 15) is 4.79 Å². The standard InChI is InChI=1S/C14H19BrN2OS/c1-16-8-11-3-2-6-17(9-11)14(18)5-4-13-7-12(15)10-19-13/h4-5,7,10-11,16H,2-3,6,8-9H2,1H3/b5-4+. The predicted molar refractivity (Wildman–Crippen MR) is 84.3 cm³/mol. The number of nitrogens with one attached hydrogen (secondary N) is 1. The first-order valence-electron chi connectivity index (χ1n) is 6.54. The maximum atomic E-state index is 12.1. The van der Waals surface area contributed by atoms with Crippen LogP contribution in [0.3, 0.4) is 0 Å². The fourth-order valence-corrected chi connectivity index (χ4v) is 3.73. The highest BCUT2D eigenvalue weighted by Gasteiger charge is 2.21. The SMILES string of the molecule is CNCC1CCCN(C(=O)/C=C/c2cc(Br)cs2)C1. The molecule has 1 N–H and O–H groups in total. The summed E-state index contributed by atoms with van der Waals surface area (Å²) in [7, 11) is 1.97. The van der Waals surface area contributed by atoms with Crippen LogP contribution in [0.2, 0.25) is 0 Å². The second-order valence-electron chi connectivity index (χ2n) is 4.85. The summed E-state index contributed by atoms with van der Waals surface area (Å²) < 4.78 is 1.07. The molecule has 1 aromatic rings. The lowest BCUT2D eigenvalue weighted by Gasteiger charge is -2.32. The minimum Gasteiger partial charge on any atom is -0.339 e. The lowest BCUT2D eigenvalue weighted by atomic mass is 9.98. The smallest absolute Gasteiger partial charge is 0.246 e. The van der Waals surface area contributed by atoms with Crippen molar-refractivity contribution >= 4 is 39.2 Å². The number of piperidine rings is 1. The van der Waals surface area contributed by atoms with Gasteiger partial charge >= 0.3 is 0 Å². The van der Waals surface area contributed by atoms with Gasteiger partial charge in [-0.1, -0.05) is 0 Å². The van der Waals surface area contributed by atoms with Crippen molar-refractivity contribution in [3.63, 3.8) is 0 Å². The maximum absolute atomic E-state index is 12.1. The highest BCUT2D eigenvalue weighted by atomic mass is 79.9. The van der Waals surface area contributed by atoms with Gasteiger partial charge < -0.3 is 10.2 Å². The molecule has 0 aromatic carbocycles. The van der Waals surface area contributed by atoms with Gasteiger partial charge in [-0.3, -0.25) is 4.79 Å². The highest BCUT2D eigenvalue weighted by Crippen LogP contribution is 2.21. The van der Waals surface area contributed by atoms with Crippen molar-refractivity contribution in [2.24, 2.45) is 5.92 Å². The molecule has 19 heavy (non-hydrogen) atoms. The fourth-order valence-electron chi connectivity index (χ4n) is 2.40. The first kappa shape index (κ1) is 14.8. The molecule has 2 heterocycles. The average Bonchev–Trinajstić information content (AvgIpc) is 2.82. The first-order valence-corrected chi connectivity index (χ1v) is 8.22. The molecule has 1 aliphatic heterocycles. The number of hydrogen-bond donors (Lipinski definition) is 1. The number of carbonyl (C=O) groups excluding carboxylic acids is 1. The summed E-state index contributed by atoms with van der Waals surface area (Å²) in [6.45, 7) is 2.75. The van der Waals surface area contributed by atoms with Crippen LogP contribution >= 0.6 is 27.3 Å². The monoisotopic (exact) mass is 342 g/mol. The number of halogens is 1. The van der Waals surface area contributed by atoms with E-state index in [1.807, 2.05) is 29.5 Å². The molecule has 104 valence electrons. The summed E-state index contributed by atoms with van der Waals surface area (Å²) in [5.41, 5.74) is 0. The Morgan fingerprint density at radius 3 is 3.21 bits per heavy atom. The zero-order chi connectivity index (χ0) is 13.7. The van der Waals surface area contributed by atoms with Crippen LogP contribution in [-0.4, -0.2) is 37.5 Å². The van der Waals surface area contributed by atoms with Gasteiger partial charge in [0, 0.05) is 33.9 Å². The van der Waals surface area contributed by atoms with Crippen LogP contribution in [0.15, 0.2) is 22.0 Å². The van der Waals surface area contributed by atoms with Gasteiger partial charge in [0.2, 0.25) is 5.91 Å². The molecule has 1 aromatic heterocycles. The molecule has 1 saturated heterocycles. The third-order valence-corrected chi connectivity index (χ3v) is 4.96. The third kappa shape index (κ3) is 4.44. The molecule has 1 amide bonds. The second kappa shape index (κ2) is 7.22. The summed E-state index contributed by atoms with van der Waals surface area (Å²) in [6, 6.07) is 2.02. The van der Waals surface area contributed by atoms with Crippen LogP contribution in [0.5, 0.6) is 0 Å². The number of hydrogen-bond acceptors (Lipinski definition) is 3. The van der Waals surface area contributed by atoms with Gasteiger partial charge in [-0.2, -0.15) is 0 Å². The summed E-state index contributed by atoms with van der Waals surface area (Å²) >= 11 is 5.05. The van der Waals surface area contributed by atoms with Gasteiger partial charge in [-0.05, 0) is 60.4 Å². The lowest BCUT2D eigenvalue weighted by molar-refractivity contribution is -0.127. The van der Waals surface area contributed by atoms with E-state index in [1.165, 1.54) is 6.42 Å². The number of thiophene rings is 1. The van der Waals surface area contributed by atoms with Crippen molar-refractivity contribution in [3.8, 4) is 0 Å². The van der Waals surface area contributed by atoms with Gasteiger partial charge in [0.15, 0.2) is 0 Å². The number of rotatable bonds is 4. The van der Waals surface area contributed by atoms with Gasteiger partial charge in [-0.15, -0.1) is 11.3 Å². The van der Waals surface area contributed by atoms with Crippen LogP contribution < -0.4 is 5.32 Å². The lowest BCUT2D eigenvalue weighted by Crippen LogP contribution is -2.41. The summed E-state index contributed by atoms with van der Waals surface area (Å²) in [4.78, 5) is 15.2. The van der Waals surface area contributed by atoms with Crippen molar-refractivity contribution in [1.29, 1.82) is 0 Å². The van der Waals surface area contributed by atoms with Gasteiger partial charge in [0.25, 0.3) is 0 Å². The number of nitrogens with zero attached hydrogens (tertiary/aromatic N) is 1. The normalized spacial score (nSPS) is 20.1. The van der Waals surface area contributed by atoms with Crippen molar-refractivity contribution in [3.05, 3.63) is 26.9 Å². The van der Waals surface area contributed by atoms with Crippen molar-refractivity contribution in [2.45, 2.75) is 12.8 Å². The Labute approximate surface area is 126 Å². The fraction of sp³-hybridized carbons (Fsp3) is 0.500. The minimum absolute atomic E-state index is 0.130. The number of likely N-dealkylation sites (tertiary alicyclic amines) is 1. The molecule has 1 fully saturated rings. The van der Waals surface area contributed by atoms with Crippen LogP contribution in [0.4, 0.5) is 0 Å². The maximum Gasteiger partial charge on any atom is 0.246 e. The van der Waals surface area contributed by atoms with E-state index in [0.717, 1.165) is 35.4 Å². The molecule has 1 unspecified atom stereocenters. The summed E-state index contributed by atoms with van der Waals surface area (Å²) in [6.07, 6.45) is 5.92. The van der Waals surface area contributed by atoms with E-state index in [0.29, 0.717) is 5.92 Å². The van der Waals surface area contributed by atoms with E-state index in [2.05, 4.69) is 21.2 Å². The molecule has 0 aliphatic carbocycles. The summed E-state index contributed by atoms with van der Waals surface area (Å²) in [5, 5.41) is 5.22. The Balaban J connectivity index is 1.90. The van der Waals surface area contributed by atoms with Crippen molar-refractivity contribution < 1.29 is 4.79 Å². The Kier molecular flexibility index (Phi) is 5.60. The van der Waals surface area contributed by atoms with Crippen LogP contribution in [0, 0.1) is 5.92 Å². The average molecular weight is 343 g/mol. The quantitative estimate of drug-likeness (QED) is 0.853. The van der Waals surface area contributed by atoms with Gasteiger partial charge in [0.05, 0.1) is 0 Å². The van der Waals surface area contributed by atoms with E-state index in [4.69, 9.17) is 0 Å². The molecule has 0 spiro atoms. The Morgan fingerprint density at radius 2 is 2.53 bits per heavy atom. The molecule has 0 saturated carbocycles. The Hall–Kier alpha value is -0.650. The first-order chi connectivity index (χ1) is 9.19. The Bertz CT molecular complexity index is 456. The number of carbonyl (C=O) groups is 1. The zero-order valence-electron chi connectivity index (χ0n) is 11.1. The topological polar surface area (TPSA) is 32.3 Å². The molecule has 2 rings (SSSR count). The largest absolute Gasteiger partial charge is 0.339 e. The molecule has 0 radical (unpaired) electrons. The second-order valence-corrected chi connectivity index (χ2v) is 6.71. The van der Waals surface area contributed by atoms with Crippen LogP contribution in [0.1, 0.15) is 17.7 Å². The summed E-state index contributed by atoms with van der Waals surface area (Å²) in [5.74, 6) is 0.720. The molecular weight excluding hydrogens is 324 g/mol. The minimum atomic E-state index is 0.130. The zero-order valence-corrected chi connectivity index (χ0v) is 13.5. The van der Waals surface area contributed by atoms with Gasteiger partial charge in [-0.25, -0.2) is 0 Å². The van der Waals surface area contributed by atoms with E-state index in [-0.39, 0.29) is 5.91 Å². The highest BCUT2D eigenvalue weighted by molar-refractivity contribution is 9.10. The van der Waals surface area contributed by atoms with Crippen molar-refractivity contribution in [2.75, 3.05) is 26.7 Å². The Morgan fingerprint density at radius 1 is 1.68 bits per heavy atom. The number of amides is 1. The molecule has 5 heteroatoms. The molecule has 3 nitrogen and oxygen atoms in total.